The third-order valence-corrected chi connectivity index (χ3v) is 5.27. The number of rotatable bonds is 6. The molecule has 1 aromatic carbocycles. The summed E-state index contributed by atoms with van der Waals surface area (Å²) >= 11 is 0. The van der Waals surface area contributed by atoms with E-state index in [4.69, 9.17) is 10.7 Å². The molecule has 1 aromatic rings. The van der Waals surface area contributed by atoms with Crippen molar-refractivity contribution in [3.8, 4) is 0 Å². The third kappa shape index (κ3) is 5.86. The second kappa shape index (κ2) is 10.1. The summed E-state index contributed by atoms with van der Waals surface area (Å²) in [6.07, 6.45) is 3.89. The third-order valence-electron chi connectivity index (χ3n) is 5.27. The summed E-state index contributed by atoms with van der Waals surface area (Å²) in [6, 6.07) is 10.7. The molecule has 144 valence electrons. The normalized spacial score (nSPS) is 25.3. The van der Waals surface area contributed by atoms with Gasteiger partial charge in [0.1, 0.15) is 0 Å². The van der Waals surface area contributed by atoms with Gasteiger partial charge in [0.15, 0.2) is 5.96 Å². The molecule has 1 amide bonds. The highest BCUT2D eigenvalue weighted by atomic mass is 127. The number of primary amides is 1. The molecule has 2 fully saturated rings. The molecule has 5 nitrogen and oxygen atoms in total. The Bertz CT molecular complexity index is 607. The van der Waals surface area contributed by atoms with Crippen molar-refractivity contribution in [3.05, 3.63) is 35.9 Å². The fraction of sp³-hybridized carbons (Fsp3) is 0.600. The molecule has 0 aromatic heterocycles. The number of halogens is 1. The topological polar surface area (TPSA) is 70.7 Å². The van der Waals surface area contributed by atoms with Crippen LogP contribution in [0.15, 0.2) is 35.3 Å². The lowest BCUT2D eigenvalue weighted by molar-refractivity contribution is -0.119. The quantitative estimate of drug-likeness (QED) is 0.382. The van der Waals surface area contributed by atoms with E-state index in [9.17, 15) is 4.79 Å². The van der Waals surface area contributed by atoms with Crippen molar-refractivity contribution in [1.29, 1.82) is 0 Å². The zero-order chi connectivity index (χ0) is 17.6. The van der Waals surface area contributed by atoms with Crippen LogP contribution in [0.2, 0.25) is 0 Å². The lowest BCUT2D eigenvalue weighted by Gasteiger charge is -2.34. The molecular formula is C20H31IN4O. The highest BCUT2D eigenvalue weighted by Gasteiger charge is 2.38. The number of benzene rings is 1. The highest BCUT2D eigenvalue weighted by molar-refractivity contribution is 14.0. The number of piperidine rings is 1. The number of amides is 1. The number of hydrogen-bond acceptors (Lipinski definition) is 2. The lowest BCUT2D eigenvalue weighted by atomic mass is 9.95. The van der Waals surface area contributed by atoms with Crippen molar-refractivity contribution in [1.82, 2.24) is 10.2 Å². The Morgan fingerprint density at radius 1 is 1.35 bits per heavy atom. The van der Waals surface area contributed by atoms with Crippen LogP contribution in [0.4, 0.5) is 0 Å². The summed E-state index contributed by atoms with van der Waals surface area (Å²) in [4.78, 5) is 18.4. The number of guanidine groups is 1. The number of carbonyl (C=O) groups excluding carboxylic acids is 1. The molecule has 1 saturated carbocycles. The van der Waals surface area contributed by atoms with Crippen molar-refractivity contribution >= 4 is 35.8 Å². The summed E-state index contributed by atoms with van der Waals surface area (Å²) in [7, 11) is 0. The Morgan fingerprint density at radius 2 is 2.12 bits per heavy atom. The van der Waals surface area contributed by atoms with Crippen LogP contribution in [0.5, 0.6) is 0 Å². The molecule has 1 heterocycles. The summed E-state index contributed by atoms with van der Waals surface area (Å²) < 4.78 is 0. The first-order valence-corrected chi connectivity index (χ1v) is 9.54. The predicted molar refractivity (Wildman–Crippen MR) is 117 cm³/mol. The fourth-order valence-corrected chi connectivity index (χ4v) is 3.90. The molecule has 1 aliphatic carbocycles. The average molecular weight is 470 g/mol. The van der Waals surface area contributed by atoms with E-state index in [2.05, 4.69) is 47.5 Å². The van der Waals surface area contributed by atoms with Crippen LogP contribution in [0.3, 0.4) is 0 Å². The Kier molecular flexibility index (Phi) is 8.18. The zero-order valence-corrected chi connectivity index (χ0v) is 17.9. The maximum absolute atomic E-state index is 11.2. The van der Waals surface area contributed by atoms with Gasteiger partial charge in [-0.1, -0.05) is 30.3 Å². The summed E-state index contributed by atoms with van der Waals surface area (Å²) in [5, 5.41) is 3.42. The maximum Gasteiger partial charge on any atom is 0.217 e. The Morgan fingerprint density at radius 3 is 2.81 bits per heavy atom. The molecule has 26 heavy (non-hydrogen) atoms. The van der Waals surface area contributed by atoms with E-state index in [0.29, 0.717) is 24.2 Å². The minimum atomic E-state index is -0.197. The van der Waals surface area contributed by atoms with Crippen LogP contribution in [0.25, 0.3) is 0 Å². The first-order chi connectivity index (χ1) is 12.2. The van der Waals surface area contributed by atoms with Crippen molar-refractivity contribution in [2.75, 3.05) is 26.2 Å². The van der Waals surface area contributed by atoms with Crippen molar-refractivity contribution in [3.63, 3.8) is 0 Å². The van der Waals surface area contributed by atoms with Gasteiger partial charge in [-0.15, -0.1) is 24.0 Å². The van der Waals surface area contributed by atoms with Gasteiger partial charge in [0, 0.05) is 32.6 Å². The monoisotopic (exact) mass is 470 g/mol. The van der Waals surface area contributed by atoms with Crippen LogP contribution >= 0.6 is 24.0 Å². The van der Waals surface area contributed by atoms with Crippen molar-refractivity contribution < 1.29 is 4.79 Å². The second-order valence-electron chi connectivity index (χ2n) is 7.33. The molecule has 3 unspecified atom stereocenters. The van der Waals surface area contributed by atoms with Gasteiger partial charge in [-0.3, -0.25) is 9.79 Å². The van der Waals surface area contributed by atoms with Gasteiger partial charge in [0.25, 0.3) is 0 Å². The Hall–Kier alpha value is -1.31. The van der Waals surface area contributed by atoms with Gasteiger partial charge < -0.3 is 16.0 Å². The van der Waals surface area contributed by atoms with E-state index in [1.807, 2.05) is 0 Å². The van der Waals surface area contributed by atoms with Gasteiger partial charge in [0.05, 0.1) is 0 Å². The largest absolute Gasteiger partial charge is 0.370 e. The molecule has 6 heteroatoms. The maximum atomic E-state index is 11.2. The number of nitrogens with one attached hydrogen (secondary N) is 1. The first kappa shape index (κ1) is 21.0. The molecule has 1 saturated heterocycles. The molecule has 3 N–H and O–H groups in total. The van der Waals surface area contributed by atoms with E-state index in [0.717, 1.165) is 45.0 Å². The number of carbonyl (C=O) groups is 1. The van der Waals surface area contributed by atoms with E-state index >= 15 is 0 Å². The molecule has 3 rings (SSSR count). The smallest absolute Gasteiger partial charge is 0.217 e. The van der Waals surface area contributed by atoms with Gasteiger partial charge >= 0.3 is 0 Å². The molecule has 0 radical (unpaired) electrons. The molecule has 0 bridgehead atoms. The number of aliphatic imine (C=N–C) groups is 1. The van der Waals surface area contributed by atoms with Gasteiger partial charge in [-0.25, -0.2) is 0 Å². The SMILES string of the molecule is CCNC(=NCC1CC1c1ccccc1)N1CCCC(CC(N)=O)C1.I. The molecular weight excluding hydrogens is 439 g/mol. The Balaban J connectivity index is 0.00000243. The Labute approximate surface area is 173 Å². The van der Waals surface area contributed by atoms with E-state index in [1.54, 1.807) is 0 Å². The molecule has 2 aliphatic rings. The van der Waals surface area contributed by atoms with E-state index < -0.39 is 0 Å². The van der Waals surface area contributed by atoms with Crippen LogP contribution < -0.4 is 11.1 Å². The number of nitrogens with two attached hydrogens (primary N) is 1. The van der Waals surface area contributed by atoms with Crippen LogP contribution in [0, 0.1) is 11.8 Å². The second-order valence-corrected chi connectivity index (χ2v) is 7.33. The number of nitrogens with zero attached hydrogens (tertiary/aromatic N) is 2. The molecule has 1 aliphatic heterocycles. The summed E-state index contributed by atoms with van der Waals surface area (Å²) in [5.41, 5.74) is 6.81. The average Bonchev–Trinajstić information content (AvgIpc) is 3.39. The van der Waals surface area contributed by atoms with Crippen LogP contribution in [0.1, 0.15) is 44.1 Å². The lowest BCUT2D eigenvalue weighted by Crippen LogP contribution is -2.47. The van der Waals surface area contributed by atoms with Gasteiger partial charge in [-0.2, -0.15) is 0 Å². The van der Waals surface area contributed by atoms with Gasteiger partial charge in [-0.05, 0) is 49.5 Å². The van der Waals surface area contributed by atoms with Gasteiger partial charge in [0.2, 0.25) is 5.91 Å². The minimum absolute atomic E-state index is 0. The van der Waals surface area contributed by atoms with E-state index in [1.165, 1.54) is 12.0 Å². The van der Waals surface area contributed by atoms with Crippen molar-refractivity contribution in [2.45, 2.75) is 38.5 Å². The highest BCUT2D eigenvalue weighted by Crippen LogP contribution is 2.47. The van der Waals surface area contributed by atoms with Crippen LogP contribution in [-0.2, 0) is 4.79 Å². The summed E-state index contributed by atoms with van der Waals surface area (Å²) in [6.45, 7) is 5.72. The standard InChI is InChI=1S/C20H30N4O.HI/c1-2-22-20(24-10-6-7-15(14-24)11-19(21)25)23-13-17-12-18(17)16-8-4-3-5-9-16;/h3-5,8-9,15,17-18H,2,6-7,10-14H2,1H3,(H2,21,25)(H,22,23);1H. The van der Waals surface area contributed by atoms with Crippen molar-refractivity contribution in [2.24, 2.45) is 22.6 Å². The minimum Gasteiger partial charge on any atom is -0.370 e. The predicted octanol–water partition coefficient (Wildman–Crippen LogP) is 2.96. The molecule has 0 spiro atoms. The molecule has 3 atom stereocenters. The van der Waals surface area contributed by atoms with E-state index in [-0.39, 0.29) is 29.9 Å². The first-order valence-electron chi connectivity index (χ1n) is 9.54. The fourth-order valence-electron chi connectivity index (χ4n) is 3.90. The van der Waals surface area contributed by atoms with Crippen LogP contribution in [-0.4, -0.2) is 42.9 Å². The number of hydrogen-bond donors (Lipinski definition) is 2. The zero-order valence-electron chi connectivity index (χ0n) is 15.6. The number of likely N-dealkylation sites (tertiary alicyclic amines) is 1. The summed E-state index contributed by atoms with van der Waals surface area (Å²) in [5.74, 6) is 2.47.